The van der Waals surface area contributed by atoms with Crippen LogP contribution in [0.1, 0.15) is 23.5 Å². The van der Waals surface area contributed by atoms with Crippen LogP contribution in [0.5, 0.6) is 0 Å². The molecule has 13 heavy (non-hydrogen) atoms. The number of hydrogen-bond acceptors (Lipinski definition) is 5. The molecule has 0 radical (unpaired) electrons. The predicted octanol–water partition coefficient (Wildman–Crippen LogP) is 1.75. The predicted molar refractivity (Wildman–Crippen MR) is 52.2 cm³/mol. The van der Waals surface area contributed by atoms with Crippen LogP contribution < -0.4 is 5.32 Å². The number of nitrogens with one attached hydrogen (secondary N) is 1. The largest absolute Gasteiger partial charge is 0.459 e. The topological polar surface area (TPSA) is 51.2 Å². The standard InChI is InChI=1S/C8H12N2O2S/c1-5(2)12-7(11)6-4-10-8(9-3)13-6/h4-5H,1-3H3,(H,9,10). The molecular weight excluding hydrogens is 188 g/mol. The SMILES string of the molecule is CNc1ncc(C(=O)OC(C)C)s1. The number of hydrogen-bond donors (Lipinski definition) is 1. The monoisotopic (exact) mass is 200 g/mol. The van der Waals surface area contributed by atoms with Crippen LogP contribution in [-0.2, 0) is 4.74 Å². The molecule has 5 heteroatoms. The molecule has 1 heterocycles. The lowest BCUT2D eigenvalue weighted by Crippen LogP contribution is -2.09. The number of aromatic nitrogens is 1. The fourth-order valence-electron chi connectivity index (χ4n) is 0.756. The van der Waals surface area contributed by atoms with Crippen molar-refractivity contribution in [3.05, 3.63) is 11.1 Å². The molecule has 0 unspecified atom stereocenters. The number of carbonyl (C=O) groups excluding carboxylic acids is 1. The summed E-state index contributed by atoms with van der Waals surface area (Å²) in [6, 6.07) is 0. The zero-order chi connectivity index (χ0) is 9.84. The van der Waals surface area contributed by atoms with Crippen molar-refractivity contribution in [3.63, 3.8) is 0 Å². The van der Waals surface area contributed by atoms with Gasteiger partial charge in [-0.05, 0) is 13.8 Å². The van der Waals surface area contributed by atoms with Crippen molar-refractivity contribution in [3.8, 4) is 0 Å². The quantitative estimate of drug-likeness (QED) is 0.755. The van der Waals surface area contributed by atoms with Crippen molar-refractivity contribution in [2.24, 2.45) is 0 Å². The van der Waals surface area contributed by atoms with Crippen LogP contribution in [0.2, 0.25) is 0 Å². The number of nitrogens with zero attached hydrogens (tertiary/aromatic N) is 1. The number of rotatable bonds is 3. The summed E-state index contributed by atoms with van der Waals surface area (Å²) in [7, 11) is 1.76. The molecule has 0 saturated heterocycles. The second kappa shape index (κ2) is 4.23. The summed E-state index contributed by atoms with van der Waals surface area (Å²) in [5.41, 5.74) is 0. The van der Waals surface area contributed by atoms with Crippen LogP contribution in [0.25, 0.3) is 0 Å². The zero-order valence-corrected chi connectivity index (χ0v) is 8.64. The van der Waals surface area contributed by atoms with E-state index in [1.807, 2.05) is 13.8 Å². The van der Waals surface area contributed by atoms with Gasteiger partial charge in [-0.2, -0.15) is 0 Å². The Morgan fingerprint density at radius 2 is 2.38 bits per heavy atom. The summed E-state index contributed by atoms with van der Waals surface area (Å²) < 4.78 is 5.00. The molecule has 1 rings (SSSR count). The Morgan fingerprint density at radius 1 is 1.69 bits per heavy atom. The minimum atomic E-state index is -0.311. The molecule has 0 fully saturated rings. The van der Waals surface area contributed by atoms with E-state index in [-0.39, 0.29) is 12.1 Å². The van der Waals surface area contributed by atoms with E-state index in [4.69, 9.17) is 4.74 Å². The van der Waals surface area contributed by atoms with Crippen LogP contribution in [0, 0.1) is 0 Å². The highest BCUT2D eigenvalue weighted by Crippen LogP contribution is 2.18. The normalized spacial score (nSPS) is 10.2. The Kier molecular flexibility index (Phi) is 3.25. The van der Waals surface area contributed by atoms with Gasteiger partial charge in [-0.1, -0.05) is 11.3 Å². The van der Waals surface area contributed by atoms with E-state index in [9.17, 15) is 4.79 Å². The van der Waals surface area contributed by atoms with Crippen LogP contribution >= 0.6 is 11.3 Å². The van der Waals surface area contributed by atoms with E-state index in [0.29, 0.717) is 4.88 Å². The smallest absolute Gasteiger partial charge is 0.350 e. The number of thiazole rings is 1. The molecule has 0 saturated carbocycles. The minimum absolute atomic E-state index is 0.0902. The van der Waals surface area contributed by atoms with E-state index >= 15 is 0 Å². The van der Waals surface area contributed by atoms with E-state index in [1.165, 1.54) is 17.5 Å². The fourth-order valence-corrected chi connectivity index (χ4v) is 1.41. The fraction of sp³-hybridized carbons (Fsp3) is 0.500. The number of esters is 1. The van der Waals surface area contributed by atoms with E-state index in [2.05, 4.69) is 10.3 Å². The van der Waals surface area contributed by atoms with Crippen LogP contribution in [0.3, 0.4) is 0 Å². The first-order chi connectivity index (χ1) is 6.13. The Balaban J connectivity index is 2.66. The molecule has 0 aromatic carbocycles. The van der Waals surface area contributed by atoms with E-state index < -0.39 is 0 Å². The van der Waals surface area contributed by atoms with Crippen molar-refractivity contribution in [2.75, 3.05) is 12.4 Å². The van der Waals surface area contributed by atoms with Gasteiger partial charge in [0, 0.05) is 7.05 Å². The zero-order valence-electron chi connectivity index (χ0n) is 7.83. The van der Waals surface area contributed by atoms with E-state index in [0.717, 1.165) is 5.13 Å². The average molecular weight is 200 g/mol. The van der Waals surface area contributed by atoms with Gasteiger partial charge in [-0.25, -0.2) is 9.78 Å². The number of carbonyl (C=O) groups is 1. The molecule has 4 nitrogen and oxygen atoms in total. The summed E-state index contributed by atoms with van der Waals surface area (Å²) in [4.78, 5) is 15.8. The average Bonchev–Trinajstić information content (AvgIpc) is 2.50. The van der Waals surface area contributed by atoms with Crippen LogP contribution in [0.15, 0.2) is 6.20 Å². The van der Waals surface area contributed by atoms with Crippen molar-refractivity contribution >= 4 is 22.4 Å². The maximum atomic E-state index is 11.3. The molecule has 0 bridgehead atoms. The third kappa shape index (κ3) is 2.69. The van der Waals surface area contributed by atoms with Crippen molar-refractivity contribution in [1.29, 1.82) is 0 Å². The molecule has 72 valence electrons. The third-order valence-electron chi connectivity index (χ3n) is 1.26. The van der Waals surface area contributed by atoms with Gasteiger partial charge in [0.2, 0.25) is 0 Å². The second-order valence-electron chi connectivity index (χ2n) is 2.73. The Bertz CT molecular complexity index is 296. The summed E-state index contributed by atoms with van der Waals surface area (Å²) in [6.45, 7) is 3.63. The van der Waals surface area contributed by atoms with Gasteiger partial charge in [-0.15, -0.1) is 0 Å². The molecule has 1 aromatic heterocycles. The third-order valence-corrected chi connectivity index (χ3v) is 2.26. The van der Waals surface area contributed by atoms with Gasteiger partial charge >= 0.3 is 5.97 Å². The molecule has 0 aliphatic rings. The highest BCUT2D eigenvalue weighted by Gasteiger charge is 2.12. The first-order valence-electron chi connectivity index (χ1n) is 3.98. The molecule has 0 aliphatic carbocycles. The molecule has 0 spiro atoms. The molecule has 0 aliphatic heterocycles. The number of anilines is 1. The van der Waals surface area contributed by atoms with Crippen molar-refractivity contribution < 1.29 is 9.53 Å². The lowest BCUT2D eigenvalue weighted by Gasteiger charge is -2.04. The van der Waals surface area contributed by atoms with Gasteiger partial charge in [-0.3, -0.25) is 0 Å². The Hall–Kier alpha value is -1.10. The first-order valence-corrected chi connectivity index (χ1v) is 4.79. The van der Waals surface area contributed by atoms with Gasteiger partial charge in [0.1, 0.15) is 4.88 Å². The molecule has 0 amide bonds. The van der Waals surface area contributed by atoms with E-state index in [1.54, 1.807) is 7.05 Å². The van der Waals surface area contributed by atoms with Crippen molar-refractivity contribution in [2.45, 2.75) is 20.0 Å². The lowest BCUT2D eigenvalue weighted by atomic mass is 10.5. The second-order valence-corrected chi connectivity index (χ2v) is 3.76. The summed E-state index contributed by atoms with van der Waals surface area (Å²) >= 11 is 1.29. The van der Waals surface area contributed by atoms with Gasteiger partial charge in [0.25, 0.3) is 0 Å². The molecule has 1 N–H and O–H groups in total. The van der Waals surface area contributed by atoms with Gasteiger partial charge in [0.05, 0.1) is 12.3 Å². The molecule has 1 aromatic rings. The van der Waals surface area contributed by atoms with Crippen LogP contribution in [-0.4, -0.2) is 24.1 Å². The highest BCUT2D eigenvalue weighted by molar-refractivity contribution is 7.17. The minimum Gasteiger partial charge on any atom is -0.459 e. The molecule has 0 atom stereocenters. The van der Waals surface area contributed by atoms with Crippen molar-refractivity contribution in [1.82, 2.24) is 4.98 Å². The first kappa shape index (κ1) is 9.98. The highest BCUT2D eigenvalue weighted by atomic mass is 32.1. The summed E-state index contributed by atoms with van der Waals surface area (Å²) in [5.74, 6) is -0.311. The van der Waals surface area contributed by atoms with Gasteiger partial charge < -0.3 is 10.1 Å². The Labute approximate surface area is 80.9 Å². The summed E-state index contributed by atoms with van der Waals surface area (Å²) in [5, 5.41) is 3.57. The molecular formula is C8H12N2O2S. The van der Waals surface area contributed by atoms with Crippen LogP contribution in [0.4, 0.5) is 5.13 Å². The summed E-state index contributed by atoms with van der Waals surface area (Å²) in [6.07, 6.45) is 1.42. The van der Waals surface area contributed by atoms with Gasteiger partial charge in [0.15, 0.2) is 5.13 Å². The maximum absolute atomic E-state index is 11.3. The lowest BCUT2D eigenvalue weighted by molar-refractivity contribution is 0.0383. The Morgan fingerprint density at radius 3 is 2.85 bits per heavy atom. The maximum Gasteiger partial charge on any atom is 0.350 e. The number of ether oxygens (including phenoxy) is 1.